The number of carbonyl (C=O) groups excluding carboxylic acids is 1. The highest BCUT2D eigenvalue weighted by atomic mass is 16.3. The molecule has 2 rings (SSSR count). The zero-order valence-corrected chi connectivity index (χ0v) is 10.3. The molecule has 18 heavy (non-hydrogen) atoms. The molecule has 0 spiro atoms. The van der Waals surface area contributed by atoms with Crippen molar-refractivity contribution in [1.29, 1.82) is 0 Å². The molecule has 5 nitrogen and oxygen atoms in total. The Morgan fingerprint density at radius 1 is 1.33 bits per heavy atom. The fourth-order valence-electron chi connectivity index (χ4n) is 1.55. The number of carbonyl (C=O) groups is 1. The summed E-state index contributed by atoms with van der Waals surface area (Å²) in [5.74, 6) is 0.331. The summed E-state index contributed by atoms with van der Waals surface area (Å²) in [6.45, 7) is 3.76. The third-order valence-corrected chi connectivity index (χ3v) is 2.88. The highest BCUT2D eigenvalue weighted by Crippen LogP contribution is 2.15. The Morgan fingerprint density at radius 3 is 2.50 bits per heavy atom. The SMILES string of the molecule is Cc1[nH]nc(NC(=O)c2ccc(CO)cc2)c1C. The van der Waals surface area contributed by atoms with Crippen molar-refractivity contribution in [3.63, 3.8) is 0 Å². The predicted molar refractivity (Wildman–Crippen MR) is 68.4 cm³/mol. The number of H-pyrrole nitrogens is 1. The number of nitrogens with zero attached hydrogens (tertiary/aromatic N) is 1. The lowest BCUT2D eigenvalue weighted by Crippen LogP contribution is -2.13. The molecule has 0 fully saturated rings. The van der Waals surface area contributed by atoms with Crippen molar-refractivity contribution in [3.8, 4) is 0 Å². The fraction of sp³-hybridized carbons (Fsp3) is 0.231. The van der Waals surface area contributed by atoms with Crippen LogP contribution in [0.2, 0.25) is 0 Å². The number of aromatic amines is 1. The molecule has 1 heterocycles. The van der Waals surface area contributed by atoms with E-state index in [1.165, 1.54) is 0 Å². The molecule has 2 aromatic rings. The standard InChI is InChI=1S/C13H15N3O2/c1-8-9(2)15-16-12(8)14-13(18)11-5-3-10(7-17)4-6-11/h3-6,17H,7H2,1-2H3,(H2,14,15,16,18). The molecular weight excluding hydrogens is 230 g/mol. The van der Waals surface area contributed by atoms with Crippen LogP contribution in [0, 0.1) is 13.8 Å². The van der Waals surface area contributed by atoms with E-state index in [9.17, 15) is 4.79 Å². The van der Waals surface area contributed by atoms with E-state index in [1.807, 2.05) is 13.8 Å². The van der Waals surface area contributed by atoms with E-state index < -0.39 is 0 Å². The highest BCUT2D eigenvalue weighted by Gasteiger charge is 2.11. The van der Waals surface area contributed by atoms with Crippen molar-refractivity contribution in [2.45, 2.75) is 20.5 Å². The molecule has 0 radical (unpaired) electrons. The molecule has 1 amide bonds. The summed E-state index contributed by atoms with van der Waals surface area (Å²) in [6.07, 6.45) is 0. The van der Waals surface area contributed by atoms with Gasteiger partial charge in [0.25, 0.3) is 5.91 Å². The molecule has 0 saturated carbocycles. The van der Waals surface area contributed by atoms with Crippen LogP contribution in [0.15, 0.2) is 24.3 Å². The van der Waals surface area contributed by atoms with Crippen LogP contribution >= 0.6 is 0 Å². The van der Waals surface area contributed by atoms with E-state index in [2.05, 4.69) is 15.5 Å². The van der Waals surface area contributed by atoms with E-state index >= 15 is 0 Å². The summed E-state index contributed by atoms with van der Waals surface area (Å²) in [6, 6.07) is 6.79. The van der Waals surface area contributed by atoms with Gasteiger partial charge >= 0.3 is 0 Å². The predicted octanol–water partition coefficient (Wildman–Crippen LogP) is 1.77. The maximum Gasteiger partial charge on any atom is 0.256 e. The Bertz CT molecular complexity index is 558. The first kappa shape index (κ1) is 12.3. The number of benzene rings is 1. The second kappa shape index (κ2) is 5.01. The number of hydrogen-bond donors (Lipinski definition) is 3. The lowest BCUT2D eigenvalue weighted by molar-refractivity contribution is 0.102. The molecule has 0 aliphatic carbocycles. The summed E-state index contributed by atoms with van der Waals surface area (Å²) in [5.41, 5.74) is 3.17. The van der Waals surface area contributed by atoms with Gasteiger partial charge in [-0.3, -0.25) is 9.89 Å². The minimum Gasteiger partial charge on any atom is -0.392 e. The van der Waals surface area contributed by atoms with Crippen molar-refractivity contribution in [1.82, 2.24) is 10.2 Å². The molecule has 94 valence electrons. The van der Waals surface area contributed by atoms with Crippen LogP contribution in [0.4, 0.5) is 5.82 Å². The maximum absolute atomic E-state index is 11.9. The number of nitrogens with one attached hydrogen (secondary N) is 2. The van der Waals surface area contributed by atoms with Crippen molar-refractivity contribution in [2.75, 3.05) is 5.32 Å². The van der Waals surface area contributed by atoms with Gasteiger partial charge in [-0.1, -0.05) is 12.1 Å². The molecule has 3 N–H and O–H groups in total. The molecule has 0 unspecified atom stereocenters. The third-order valence-electron chi connectivity index (χ3n) is 2.88. The maximum atomic E-state index is 11.9. The number of amides is 1. The van der Waals surface area contributed by atoms with Crippen LogP contribution < -0.4 is 5.32 Å². The quantitative estimate of drug-likeness (QED) is 0.771. The highest BCUT2D eigenvalue weighted by molar-refractivity contribution is 6.04. The van der Waals surface area contributed by atoms with E-state index in [1.54, 1.807) is 24.3 Å². The van der Waals surface area contributed by atoms with Crippen molar-refractivity contribution < 1.29 is 9.90 Å². The fourth-order valence-corrected chi connectivity index (χ4v) is 1.55. The second-order valence-corrected chi connectivity index (χ2v) is 4.13. The number of aromatic nitrogens is 2. The molecule has 1 aromatic heterocycles. The van der Waals surface area contributed by atoms with E-state index in [4.69, 9.17) is 5.11 Å². The molecule has 5 heteroatoms. The van der Waals surface area contributed by atoms with Gasteiger partial charge in [0, 0.05) is 16.8 Å². The molecule has 0 saturated heterocycles. The van der Waals surface area contributed by atoms with Crippen LogP contribution in [0.25, 0.3) is 0 Å². The van der Waals surface area contributed by atoms with Gasteiger partial charge in [0.2, 0.25) is 0 Å². The molecule has 0 aliphatic rings. The first-order chi connectivity index (χ1) is 8.61. The van der Waals surface area contributed by atoms with Gasteiger partial charge in [-0.05, 0) is 31.5 Å². The normalized spacial score (nSPS) is 10.4. The number of anilines is 1. The van der Waals surface area contributed by atoms with Gasteiger partial charge in [-0.15, -0.1) is 0 Å². The number of hydrogen-bond acceptors (Lipinski definition) is 3. The Balaban J connectivity index is 2.14. The Labute approximate surface area is 105 Å². The number of aliphatic hydroxyl groups is 1. The largest absolute Gasteiger partial charge is 0.392 e. The average molecular weight is 245 g/mol. The molecule has 0 atom stereocenters. The zero-order valence-electron chi connectivity index (χ0n) is 10.3. The monoisotopic (exact) mass is 245 g/mol. The molecule has 1 aromatic carbocycles. The van der Waals surface area contributed by atoms with Gasteiger partial charge < -0.3 is 10.4 Å². The number of aryl methyl sites for hydroxylation is 1. The summed E-state index contributed by atoms with van der Waals surface area (Å²) < 4.78 is 0. The lowest BCUT2D eigenvalue weighted by Gasteiger charge is -2.04. The Hall–Kier alpha value is -2.14. The third kappa shape index (κ3) is 2.41. The van der Waals surface area contributed by atoms with Gasteiger partial charge in [0.1, 0.15) is 0 Å². The smallest absolute Gasteiger partial charge is 0.256 e. The summed E-state index contributed by atoms with van der Waals surface area (Å²) in [5, 5.41) is 18.5. The van der Waals surface area contributed by atoms with Crippen LogP contribution in [-0.4, -0.2) is 21.2 Å². The van der Waals surface area contributed by atoms with Gasteiger partial charge in [-0.25, -0.2) is 0 Å². The molecular formula is C13H15N3O2. The first-order valence-corrected chi connectivity index (χ1v) is 5.64. The minimum atomic E-state index is -0.214. The van der Waals surface area contributed by atoms with Crippen LogP contribution in [0.3, 0.4) is 0 Å². The number of rotatable bonds is 3. The van der Waals surface area contributed by atoms with Gasteiger partial charge in [-0.2, -0.15) is 5.10 Å². The van der Waals surface area contributed by atoms with Crippen molar-refractivity contribution in [2.24, 2.45) is 0 Å². The Morgan fingerprint density at radius 2 is 2.00 bits per heavy atom. The molecule has 0 aliphatic heterocycles. The Kier molecular flexibility index (Phi) is 3.43. The zero-order chi connectivity index (χ0) is 13.1. The first-order valence-electron chi connectivity index (χ1n) is 5.64. The van der Waals surface area contributed by atoms with Crippen molar-refractivity contribution in [3.05, 3.63) is 46.6 Å². The lowest BCUT2D eigenvalue weighted by atomic mass is 10.1. The van der Waals surface area contributed by atoms with Gasteiger partial charge in [0.15, 0.2) is 5.82 Å². The number of aliphatic hydroxyl groups excluding tert-OH is 1. The summed E-state index contributed by atoms with van der Waals surface area (Å²) >= 11 is 0. The summed E-state index contributed by atoms with van der Waals surface area (Å²) in [4.78, 5) is 11.9. The van der Waals surface area contributed by atoms with E-state index in [0.717, 1.165) is 16.8 Å². The van der Waals surface area contributed by atoms with Crippen molar-refractivity contribution >= 4 is 11.7 Å². The summed E-state index contributed by atoms with van der Waals surface area (Å²) in [7, 11) is 0. The van der Waals surface area contributed by atoms with E-state index in [-0.39, 0.29) is 12.5 Å². The van der Waals surface area contributed by atoms with Crippen LogP contribution in [0.5, 0.6) is 0 Å². The van der Waals surface area contributed by atoms with Crippen LogP contribution in [-0.2, 0) is 6.61 Å². The van der Waals surface area contributed by atoms with Crippen LogP contribution in [0.1, 0.15) is 27.2 Å². The minimum absolute atomic E-state index is 0.0282. The van der Waals surface area contributed by atoms with E-state index in [0.29, 0.717) is 11.4 Å². The van der Waals surface area contributed by atoms with Gasteiger partial charge in [0.05, 0.1) is 6.61 Å². The topological polar surface area (TPSA) is 78.0 Å². The second-order valence-electron chi connectivity index (χ2n) is 4.13. The molecule has 0 bridgehead atoms. The average Bonchev–Trinajstić information content (AvgIpc) is 2.71.